The second-order valence-corrected chi connectivity index (χ2v) is 6.82. The normalized spacial score (nSPS) is 12.4. The van der Waals surface area contributed by atoms with Crippen molar-refractivity contribution >= 4 is 87.5 Å². The Bertz CT molecular complexity index is 206. The van der Waals surface area contributed by atoms with Gasteiger partial charge in [-0.2, -0.15) is 0 Å². The summed E-state index contributed by atoms with van der Waals surface area (Å²) in [5, 5.41) is 0. The second kappa shape index (κ2) is 17.9. The summed E-state index contributed by atoms with van der Waals surface area (Å²) in [6, 6.07) is 0. The maximum atomic E-state index is 4.66. The molecule has 12 heteroatoms. The van der Waals surface area contributed by atoms with Crippen LogP contribution in [0.2, 0.25) is 0 Å². The summed E-state index contributed by atoms with van der Waals surface area (Å²) in [6.07, 6.45) is 1.30. The van der Waals surface area contributed by atoms with E-state index >= 15 is 0 Å². The van der Waals surface area contributed by atoms with Gasteiger partial charge in [-0.3, -0.25) is 0 Å². The van der Waals surface area contributed by atoms with Gasteiger partial charge in [0.2, 0.25) is 0 Å². The zero-order chi connectivity index (χ0) is 15.1. The summed E-state index contributed by atoms with van der Waals surface area (Å²) < 4.78 is 2.37. The van der Waals surface area contributed by atoms with Gasteiger partial charge in [0.25, 0.3) is 0 Å². The minimum atomic E-state index is 0.0833. The predicted octanol–water partition coefficient (Wildman–Crippen LogP) is -1.01. The summed E-state index contributed by atoms with van der Waals surface area (Å²) in [5.74, 6) is 0. The first-order valence-corrected chi connectivity index (χ1v) is 7.51. The number of nitrogens with zero attached hydrogens (tertiary/aromatic N) is 1. The van der Waals surface area contributed by atoms with Crippen LogP contribution in [0, 0.1) is 0 Å². The van der Waals surface area contributed by atoms with Gasteiger partial charge in [0.1, 0.15) is 0 Å². The molecule has 0 unspecified atom stereocenters. The molecule has 7 N–H and O–H groups in total. The molecule has 0 amide bonds. The van der Waals surface area contributed by atoms with Crippen LogP contribution in [0.4, 0.5) is 0 Å². The van der Waals surface area contributed by atoms with Gasteiger partial charge < -0.3 is 91.7 Å². The molecule has 1 rings (SSSR count). The van der Waals surface area contributed by atoms with E-state index in [2.05, 4.69) is 101 Å². The maximum absolute atomic E-state index is 4.66. The Hall–Kier alpha value is 0.938. The van der Waals surface area contributed by atoms with Crippen molar-refractivity contribution in [2.24, 2.45) is 17.2 Å². The molecule has 0 aliphatic carbocycles. The van der Waals surface area contributed by atoms with Gasteiger partial charge in [0.15, 0.2) is 0 Å². The van der Waals surface area contributed by atoms with E-state index in [0.29, 0.717) is 0 Å². The Morgan fingerprint density at radius 1 is 1.00 bits per heavy atom. The van der Waals surface area contributed by atoms with Gasteiger partial charge in [0, 0.05) is 0 Å². The molecule has 18 heavy (non-hydrogen) atoms. The number of nitrogens with one attached hydrogen (secondary N) is 1. The van der Waals surface area contributed by atoms with Gasteiger partial charge in [-0.15, -0.1) is 0 Å². The van der Waals surface area contributed by atoms with Crippen LogP contribution in [-0.4, -0.2) is 29.6 Å². The summed E-state index contributed by atoms with van der Waals surface area (Å²) in [5.41, 5.74) is 17.1. The molecule has 0 aromatic heterocycles. The second-order valence-electron chi connectivity index (χ2n) is 2.32. The monoisotopic (exact) mass is 445 g/mol. The first kappa shape index (κ1) is 24.0. The Labute approximate surface area is 152 Å². The molecule has 1 heterocycles. The predicted molar refractivity (Wildman–Crippen MR) is 91.8 cm³/mol. The molecule has 0 spiro atoms. The Morgan fingerprint density at radius 3 is 1.33 bits per heavy atom. The summed E-state index contributed by atoms with van der Waals surface area (Å²) in [6.45, 7) is 2.38. The van der Waals surface area contributed by atoms with Gasteiger partial charge in [0.05, 0.1) is 0 Å². The fraction of sp³-hybridized carbons (Fsp3) is 0.500. The topological polar surface area (TPSA) is 93.3 Å². The first-order chi connectivity index (χ1) is 8.09. The number of hydrazine groups is 1. The standard InChI is InChI=1S/C3H7N2.3CH3NS2.Mo/c1-2-4-5-3-1;3*2-1(3)4;/h4H,1-3H2;3*(H3,2,3,4);/q-1;;;;+4/p-3. The number of thiocarbonyl (C=S) groups is 3. The quantitative estimate of drug-likeness (QED) is 0.211. The average molecular weight is 444 g/mol. The number of hydrogen-bond donors (Lipinski definition) is 4. The number of rotatable bonds is 0. The van der Waals surface area contributed by atoms with E-state index in [1.54, 1.807) is 0 Å². The fourth-order valence-electron chi connectivity index (χ4n) is 0.505. The van der Waals surface area contributed by atoms with Crippen molar-refractivity contribution in [1.82, 2.24) is 8.99 Å². The third kappa shape index (κ3) is 68.3. The van der Waals surface area contributed by atoms with Crippen molar-refractivity contribution in [3.8, 4) is 0 Å². The van der Waals surface area contributed by atoms with Crippen LogP contribution in [0.25, 0.3) is 0 Å². The van der Waals surface area contributed by atoms with Crippen LogP contribution in [0.3, 0.4) is 0 Å². The van der Waals surface area contributed by atoms with Gasteiger partial charge in [-0.05, 0) is 0 Å². The number of hydrogen-bond acceptors (Lipinski definition) is 8. The Kier molecular flexibility index (Phi) is 23.9. The molecule has 0 atom stereocenters. The zero-order valence-corrected chi connectivity index (χ0v) is 16.1. The molecule has 5 nitrogen and oxygen atoms in total. The Balaban J connectivity index is -0.000000171. The van der Waals surface area contributed by atoms with Crippen LogP contribution in [0.5, 0.6) is 0 Å². The molecule has 1 saturated heterocycles. The van der Waals surface area contributed by atoms with E-state index in [4.69, 9.17) is 0 Å². The van der Waals surface area contributed by atoms with Crippen molar-refractivity contribution in [2.75, 3.05) is 13.1 Å². The SMILES string of the molecule is NC(=S)[S-].NC(=S)[S-].NC(=S)[S-].[Mo+3][N]1CCCN1. The molecule has 0 bridgehead atoms. The summed E-state index contributed by atoms with van der Waals surface area (Å²) >= 11 is 26.8. The van der Waals surface area contributed by atoms with E-state index in [1.165, 1.54) is 19.5 Å². The van der Waals surface area contributed by atoms with Crippen molar-refractivity contribution in [3.63, 3.8) is 0 Å². The van der Waals surface area contributed by atoms with Crippen LogP contribution < -0.4 is 22.6 Å². The molecule has 1 aliphatic rings. The third-order valence-electron chi connectivity index (χ3n) is 0.826. The van der Waals surface area contributed by atoms with Crippen molar-refractivity contribution in [2.45, 2.75) is 6.42 Å². The summed E-state index contributed by atoms with van der Waals surface area (Å²) in [7, 11) is 0. The van der Waals surface area contributed by atoms with Gasteiger partial charge in [-0.1, -0.05) is 13.0 Å². The van der Waals surface area contributed by atoms with Gasteiger partial charge >= 0.3 is 48.6 Å². The van der Waals surface area contributed by atoms with Crippen molar-refractivity contribution in [3.05, 3.63) is 0 Å². The molecule has 0 aromatic carbocycles. The van der Waals surface area contributed by atoms with E-state index in [9.17, 15) is 0 Å². The fourth-order valence-corrected chi connectivity index (χ4v) is 1.05. The Morgan fingerprint density at radius 2 is 1.28 bits per heavy atom. The molecule has 0 aromatic rings. The molecule has 0 saturated carbocycles. The van der Waals surface area contributed by atoms with Crippen LogP contribution in [0.1, 0.15) is 6.42 Å². The van der Waals surface area contributed by atoms with Crippen molar-refractivity contribution < 1.29 is 20.1 Å². The minimum absolute atomic E-state index is 0.0833. The molecule has 1 fully saturated rings. The van der Waals surface area contributed by atoms with E-state index in [1.807, 2.05) is 20.1 Å². The van der Waals surface area contributed by atoms with E-state index in [-0.39, 0.29) is 13.0 Å². The summed E-state index contributed by atoms with van der Waals surface area (Å²) in [4.78, 5) is 0. The van der Waals surface area contributed by atoms with E-state index < -0.39 is 0 Å². The van der Waals surface area contributed by atoms with Gasteiger partial charge in [-0.25, -0.2) is 0 Å². The molecule has 104 valence electrons. The molecular formula is C6H13MoN5S6. The van der Waals surface area contributed by atoms with E-state index in [0.717, 1.165) is 0 Å². The molecule has 0 radical (unpaired) electrons. The zero-order valence-electron chi connectivity index (χ0n) is 9.16. The van der Waals surface area contributed by atoms with Crippen LogP contribution in [-0.2, 0) is 58.0 Å². The van der Waals surface area contributed by atoms with Crippen molar-refractivity contribution in [1.29, 1.82) is 0 Å². The third-order valence-corrected chi connectivity index (χ3v) is 1.59. The molecule has 1 aliphatic heterocycles. The first-order valence-electron chi connectivity index (χ1n) is 4.17. The average Bonchev–Trinajstić information content (AvgIpc) is 2.51. The number of nitrogens with two attached hydrogens (primary N) is 3. The molecular weight excluding hydrogens is 430 g/mol. The van der Waals surface area contributed by atoms with Crippen LogP contribution >= 0.6 is 36.7 Å². The van der Waals surface area contributed by atoms with Crippen LogP contribution in [0.15, 0.2) is 0 Å².